The average molecular weight is 339 g/mol. The number of methoxy groups -OCH3 is 2. The Morgan fingerprint density at radius 2 is 2.05 bits per heavy atom. The fourth-order valence-corrected chi connectivity index (χ4v) is 1.83. The van der Waals surface area contributed by atoms with Gasteiger partial charge < -0.3 is 14.2 Å². The molecule has 0 atom stereocenters. The van der Waals surface area contributed by atoms with Crippen molar-refractivity contribution in [1.29, 1.82) is 0 Å². The van der Waals surface area contributed by atoms with Gasteiger partial charge in [0.1, 0.15) is 11.5 Å². The van der Waals surface area contributed by atoms with Crippen molar-refractivity contribution < 1.29 is 19.0 Å². The quantitative estimate of drug-likeness (QED) is 0.798. The summed E-state index contributed by atoms with van der Waals surface area (Å²) in [7, 11) is 2.84. The number of halogens is 1. The first-order valence-corrected chi connectivity index (χ1v) is 6.36. The maximum absolute atomic E-state index is 11.3. The van der Waals surface area contributed by atoms with Crippen LogP contribution in [0.25, 0.3) is 0 Å². The van der Waals surface area contributed by atoms with E-state index in [-0.39, 0.29) is 11.7 Å². The van der Waals surface area contributed by atoms with Gasteiger partial charge in [0.2, 0.25) is 11.7 Å². The van der Waals surface area contributed by atoms with Crippen molar-refractivity contribution in [3.63, 3.8) is 0 Å². The summed E-state index contributed by atoms with van der Waals surface area (Å²) in [4.78, 5) is 19.1. The highest BCUT2D eigenvalue weighted by molar-refractivity contribution is 9.10. The predicted molar refractivity (Wildman–Crippen MR) is 74.1 cm³/mol. The maximum Gasteiger partial charge on any atom is 0.376 e. The van der Waals surface area contributed by atoms with Crippen LogP contribution in [0.2, 0.25) is 0 Å². The third-order valence-electron chi connectivity index (χ3n) is 2.35. The standard InChI is InChI=1S/C13H11BrN2O4/c1-18-8-3-4-10(9(14)7-8)20-11-5-6-15-12(16-11)13(17)19-2/h3-7H,1-2H3. The van der Waals surface area contributed by atoms with Crippen molar-refractivity contribution >= 4 is 21.9 Å². The van der Waals surface area contributed by atoms with E-state index < -0.39 is 5.97 Å². The van der Waals surface area contributed by atoms with E-state index in [1.165, 1.54) is 13.3 Å². The first kappa shape index (κ1) is 14.3. The molecule has 0 saturated heterocycles. The first-order valence-electron chi connectivity index (χ1n) is 5.57. The van der Waals surface area contributed by atoms with Gasteiger partial charge in [-0.15, -0.1) is 0 Å². The van der Waals surface area contributed by atoms with E-state index in [4.69, 9.17) is 9.47 Å². The van der Waals surface area contributed by atoms with Gasteiger partial charge in [-0.2, -0.15) is 4.98 Å². The molecule has 0 aliphatic rings. The summed E-state index contributed by atoms with van der Waals surface area (Å²) < 4.78 is 15.9. The lowest BCUT2D eigenvalue weighted by atomic mass is 10.3. The zero-order valence-electron chi connectivity index (χ0n) is 10.8. The molecule has 0 aliphatic heterocycles. The molecular weight excluding hydrogens is 328 g/mol. The van der Waals surface area contributed by atoms with E-state index in [1.807, 2.05) is 0 Å². The third-order valence-corrected chi connectivity index (χ3v) is 2.97. The molecule has 1 aromatic carbocycles. The Labute approximate surface area is 123 Å². The highest BCUT2D eigenvalue weighted by Gasteiger charge is 2.11. The van der Waals surface area contributed by atoms with Crippen LogP contribution in [0.1, 0.15) is 10.6 Å². The topological polar surface area (TPSA) is 70.5 Å². The van der Waals surface area contributed by atoms with E-state index in [1.54, 1.807) is 31.4 Å². The summed E-state index contributed by atoms with van der Waals surface area (Å²) >= 11 is 3.37. The van der Waals surface area contributed by atoms with Crippen LogP contribution in [0.4, 0.5) is 0 Å². The van der Waals surface area contributed by atoms with Crippen molar-refractivity contribution in [3.8, 4) is 17.4 Å². The van der Waals surface area contributed by atoms with E-state index in [0.29, 0.717) is 16.0 Å². The molecule has 0 N–H and O–H groups in total. The molecule has 104 valence electrons. The lowest BCUT2D eigenvalue weighted by Crippen LogP contribution is -2.07. The van der Waals surface area contributed by atoms with E-state index in [0.717, 1.165) is 0 Å². The molecule has 0 amide bonds. The van der Waals surface area contributed by atoms with Gasteiger partial charge in [-0.05, 0) is 34.1 Å². The Hall–Kier alpha value is -2.15. The van der Waals surface area contributed by atoms with Gasteiger partial charge in [-0.3, -0.25) is 0 Å². The number of rotatable bonds is 4. The van der Waals surface area contributed by atoms with Gasteiger partial charge in [0, 0.05) is 12.3 Å². The van der Waals surface area contributed by atoms with Crippen molar-refractivity contribution in [2.75, 3.05) is 14.2 Å². The number of benzene rings is 1. The summed E-state index contributed by atoms with van der Waals surface area (Å²) in [6, 6.07) is 6.78. The lowest BCUT2D eigenvalue weighted by Gasteiger charge is -2.08. The summed E-state index contributed by atoms with van der Waals surface area (Å²) in [5, 5.41) is 0. The Morgan fingerprint density at radius 3 is 2.70 bits per heavy atom. The number of carbonyl (C=O) groups is 1. The van der Waals surface area contributed by atoms with Gasteiger partial charge in [0.25, 0.3) is 0 Å². The Morgan fingerprint density at radius 1 is 1.25 bits per heavy atom. The number of esters is 1. The molecular formula is C13H11BrN2O4. The summed E-state index contributed by atoms with van der Waals surface area (Å²) in [6.45, 7) is 0. The predicted octanol–water partition coefficient (Wildman–Crippen LogP) is 2.83. The van der Waals surface area contributed by atoms with Gasteiger partial charge in [-0.1, -0.05) is 0 Å². The van der Waals surface area contributed by atoms with Gasteiger partial charge in [0.05, 0.1) is 18.7 Å². The van der Waals surface area contributed by atoms with Crippen LogP contribution in [0.15, 0.2) is 34.9 Å². The molecule has 0 unspecified atom stereocenters. The number of hydrogen-bond donors (Lipinski definition) is 0. The second-order valence-electron chi connectivity index (χ2n) is 3.61. The van der Waals surface area contributed by atoms with Crippen LogP contribution in [-0.4, -0.2) is 30.2 Å². The monoisotopic (exact) mass is 338 g/mol. The molecule has 6 nitrogen and oxygen atoms in total. The third kappa shape index (κ3) is 3.24. The molecule has 0 fully saturated rings. The Balaban J connectivity index is 2.24. The smallest absolute Gasteiger partial charge is 0.376 e. The fraction of sp³-hybridized carbons (Fsp3) is 0.154. The Bertz CT molecular complexity index is 634. The fourth-order valence-electron chi connectivity index (χ4n) is 1.39. The molecule has 0 saturated carbocycles. The number of hydrogen-bond acceptors (Lipinski definition) is 6. The van der Waals surface area contributed by atoms with Crippen LogP contribution < -0.4 is 9.47 Å². The van der Waals surface area contributed by atoms with Gasteiger partial charge in [-0.25, -0.2) is 9.78 Å². The van der Waals surface area contributed by atoms with Gasteiger partial charge in [0.15, 0.2) is 0 Å². The molecule has 1 aromatic heterocycles. The van der Waals surface area contributed by atoms with Crippen LogP contribution in [0, 0.1) is 0 Å². The minimum absolute atomic E-state index is 0.0605. The average Bonchev–Trinajstić information content (AvgIpc) is 2.48. The zero-order chi connectivity index (χ0) is 14.5. The summed E-state index contributed by atoms with van der Waals surface area (Å²) in [5.74, 6) is 0.799. The molecule has 2 aromatic rings. The first-order chi connectivity index (χ1) is 9.63. The van der Waals surface area contributed by atoms with E-state index in [9.17, 15) is 4.79 Å². The second-order valence-corrected chi connectivity index (χ2v) is 4.46. The van der Waals surface area contributed by atoms with Crippen molar-refractivity contribution in [2.45, 2.75) is 0 Å². The number of ether oxygens (including phenoxy) is 3. The number of carbonyl (C=O) groups excluding carboxylic acids is 1. The summed E-state index contributed by atoms with van der Waals surface area (Å²) in [6.07, 6.45) is 1.42. The molecule has 1 heterocycles. The molecule has 7 heteroatoms. The molecule has 0 spiro atoms. The van der Waals surface area contributed by atoms with Crippen molar-refractivity contribution in [1.82, 2.24) is 9.97 Å². The SMILES string of the molecule is COC(=O)c1nccc(Oc2ccc(OC)cc2Br)n1. The zero-order valence-corrected chi connectivity index (χ0v) is 12.4. The highest BCUT2D eigenvalue weighted by Crippen LogP contribution is 2.31. The molecule has 2 rings (SSSR count). The summed E-state index contributed by atoms with van der Waals surface area (Å²) in [5.41, 5.74) is 0. The van der Waals surface area contributed by atoms with Crippen LogP contribution in [0.3, 0.4) is 0 Å². The molecule has 0 bridgehead atoms. The molecule has 20 heavy (non-hydrogen) atoms. The van der Waals surface area contributed by atoms with E-state index >= 15 is 0 Å². The minimum atomic E-state index is -0.621. The van der Waals surface area contributed by atoms with E-state index in [2.05, 4.69) is 30.6 Å². The van der Waals surface area contributed by atoms with Crippen LogP contribution in [-0.2, 0) is 4.74 Å². The van der Waals surface area contributed by atoms with Crippen LogP contribution >= 0.6 is 15.9 Å². The van der Waals surface area contributed by atoms with Gasteiger partial charge >= 0.3 is 5.97 Å². The maximum atomic E-state index is 11.3. The lowest BCUT2D eigenvalue weighted by molar-refractivity contribution is 0.0585. The molecule has 0 aliphatic carbocycles. The molecule has 0 radical (unpaired) electrons. The minimum Gasteiger partial charge on any atom is -0.497 e. The largest absolute Gasteiger partial charge is 0.497 e. The highest BCUT2D eigenvalue weighted by atomic mass is 79.9. The Kier molecular flexibility index (Phi) is 4.52. The number of nitrogens with zero attached hydrogens (tertiary/aromatic N) is 2. The second kappa shape index (κ2) is 6.33. The number of aromatic nitrogens is 2. The van der Waals surface area contributed by atoms with Crippen molar-refractivity contribution in [3.05, 3.63) is 40.8 Å². The van der Waals surface area contributed by atoms with Crippen molar-refractivity contribution in [2.24, 2.45) is 0 Å². The normalized spacial score (nSPS) is 9.95. The van der Waals surface area contributed by atoms with Crippen LogP contribution in [0.5, 0.6) is 17.4 Å².